The highest BCUT2D eigenvalue weighted by molar-refractivity contribution is 6.09. The number of hydrogen-bond donors (Lipinski definition) is 1. The van der Waals surface area contributed by atoms with Crippen LogP contribution >= 0.6 is 0 Å². The van der Waals surface area contributed by atoms with Crippen molar-refractivity contribution < 1.29 is 52.5 Å². The average molecular weight is 518 g/mol. The molecule has 12 heteroatoms. The van der Waals surface area contributed by atoms with E-state index >= 15 is 0 Å². The Morgan fingerprint density at radius 3 is 1.53 bits per heavy atom. The maximum absolute atomic E-state index is 13.6. The Labute approximate surface area is 211 Å². The molecule has 0 radical (unpaired) electrons. The van der Waals surface area contributed by atoms with Crippen LogP contribution in [0.4, 0.5) is 4.79 Å². The summed E-state index contributed by atoms with van der Waals surface area (Å²) in [6, 6.07) is -2.07. The molecule has 0 spiro atoms. The number of carbonyl (C=O) groups is 6. The summed E-state index contributed by atoms with van der Waals surface area (Å²) >= 11 is 0. The topological polar surface area (TPSA) is 161 Å². The number of amides is 1. The van der Waals surface area contributed by atoms with E-state index in [1.54, 1.807) is 20.8 Å². The van der Waals surface area contributed by atoms with E-state index in [-0.39, 0.29) is 6.61 Å². The Morgan fingerprint density at radius 2 is 1.17 bits per heavy atom. The summed E-state index contributed by atoms with van der Waals surface area (Å²) in [5, 5.41) is 2.08. The molecule has 0 aliphatic rings. The molecule has 0 aliphatic heterocycles. The second-order valence-electron chi connectivity index (χ2n) is 10.9. The lowest BCUT2D eigenvalue weighted by Gasteiger charge is -2.30. The third-order valence-corrected chi connectivity index (χ3v) is 4.15. The van der Waals surface area contributed by atoms with Crippen molar-refractivity contribution in [3.8, 4) is 0 Å². The molecule has 0 bridgehead atoms. The highest BCUT2D eigenvalue weighted by atomic mass is 16.6. The van der Waals surface area contributed by atoms with E-state index in [0.29, 0.717) is 0 Å². The highest BCUT2D eigenvalue weighted by Crippen LogP contribution is 2.23. The van der Waals surface area contributed by atoms with Crippen molar-refractivity contribution in [3.63, 3.8) is 0 Å². The first-order valence-corrected chi connectivity index (χ1v) is 11.4. The molecule has 12 nitrogen and oxygen atoms in total. The third-order valence-electron chi connectivity index (χ3n) is 4.15. The van der Waals surface area contributed by atoms with Gasteiger partial charge in [-0.25, -0.2) is 14.4 Å². The smallest absolute Gasteiger partial charge is 0.408 e. The minimum absolute atomic E-state index is 0.162. The fourth-order valence-electron chi connectivity index (χ4n) is 2.26. The van der Waals surface area contributed by atoms with Crippen LogP contribution in [-0.4, -0.2) is 73.3 Å². The minimum atomic E-state index is -2.17. The van der Waals surface area contributed by atoms with Crippen LogP contribution in [0.15, 0.2) is 0 Å². The van der Waals surface area contributed by atoms with Gasteiger partial charge in [-0.05, 0) is 69.2 Å². The van der Waals surface area contributed by atoms with Crippen LogP contribution in [0.5, 0.6) is 0 Å². The quantitative estimate of drug-likeness (QED) is 0.271. The van der Waals surface area contributed by atoms with Gasteiger partial charge in [-0.1, -0.05) is 0 Å². The zero-order valence-corrected chi connectivity index (χ0v) is 22.9. The van der Waals surface area contributed by atoms with Gasteiger partial charge in [0.15, 0.2) is 6.04 Å². The molecule has 0 aromatic carbocycles. The minimum Gasteiger partial charge on any atom is -0.466 e. The first kappa shape index (κ1) is 32.8. The summed E-state index contributed by atoms with van der Waals surface area (Å²) in [5.74, 6) is -5.62. The van der Waals surface area contributed by atoms with Gasteiger partial charge in [0.1, 0.15) is 5.60 Å². The SMILES string of the molecule is CCOC(=O)C(NC(=O)OC(C)(C)C)C(=O)[C@H](OC(=O)C(C)(C)C)[C@@H](OC(=O)C(C)(C)C)C(=O)OC. The molecule has 0 aromatic rings. The lowest BCUT2D eigenvalue weighted by molar-refractivity contribution is -0.190. The largest absolute Gasteiger partial charge is 0.466 e. The van der Waals surface area contributed by atoms with Gasteiger partial charge in [0.2, 0.25) is 18.0 Å². The van der Waals surface area contributed by atoms with Crippen LogP contribution in [0.1, 0.15) is 69.2 Å². The molecule has 206 valence electrons. The Balaban J connectivity index is 6.63. The van der Waals surface area contributed by atoms with E-state index in [2.05, 4.69) is 10.1 Å². The van der Waals surface area contributed by atoms with Crippen LogP contribution in [0, 0.1) is 10.8 Å². The molecule has 1 amide bonds. The molecule has 0 aromatic heterocycles. The van der Waals surface area contributed by atoms with Gasteiger partial charge in [0, 0.05) is 0 Å². The third kappa shape index (κ3) is 10.6. The predicted molar refractivity (Wildman–Crippen MR) is 125 cm³/mol. The summed E-state index contributed by atoms with van der Waals surface area (Å²) < 4.78 is 25.2. The van der Waals surface area contributed by atoms with Gasteiger partial charge in [-0.3, -0.25) is 14.4 Å². The molecule has 0 aliphatic carbocycles. The van der Waals surface area contributed by atoms with Crippen molar-refractivity contribution in [2.24, 2.45) is 10.8 Å². The summed E-state index contributed by atoms with van der Waals surface area (Å²) in [5.41, 5.74) is -3.27. The molecule has 3 atom stereocenters. The molecule has 0 saturated carbocycles. The van der Waals surface area contributed by atoms with Gasteiger partial charge >= 0.3 is 30.0 Å². The predicted octanol–water partition coefficient (Wildman–Crippen LogP) is 2.10. The van der Waals surface area contributed by atoms with Crippen LogP contribution < -0.4 is 5.32 Å². The second kappa shape index (κ2) is 12.7. The van der Waals surface area contributed by atoms with Gasteiger partial charge in [0.25, 0.3) is 0 Å². The van der Waals surface area contributed by atoms with Gasteiger partial charge in [-0.2, -0.15) is 0 Å². The Bertz CT molecular complexity index is 844. The molecule has 0 fully saturated rings. The summed E-state index contributed by atoms with van der Waals surface area (Å²) in [7, 11) is 0.967. The average Bonchev–Trinajstić information content (AvgIpc) is 2.70. The molecule has 0 saturated heterocycles. The molecule has 0 heterocycles. The zero-order chi connectivity index (χ0) is 28.6. The van der Waals surface area contributed by atoms with Crippen LogP contribution in [0.3, 0.4) is 0 Å². The van der Waals surface area contributed by atoms with Crippen molar-refractivity contribution in [1.82, 2.24) is 5.32 Å². The number of carbonyl (C=O) groups excluding carboxylic acids is 6. The maximum atomic E-state index is 13.6. The summed E-state index contributed by atoms with van der Waals surface area (Å²) in [6.07, 6.45) is -5.41. The van der Waals surface area contributed by atoms with E-state index < -0.39 is 70.4 Å². The number of ketones is 1. The molecular weight excluding hydrogens is 478 g/mol. The van der Waals surface area contributed by atoms with Crippen LogP contribution in [-0.2, 0) is 47.7 Å². The Hall–Kier alpha value is -3.18. The number of rotatable bonds is 9. The Morgan fingerprint density at radius 1 is 0.722 bits per heavy atom. The number of esters is 4. The first-order chi connectivity index (χ1) is 16.2. The lowest BCUT2D eigenvalue weighted by Crippen LogP contribution is -2.58. The fraction of sp³-hybridized carbons (Fsp3) is 0.750. The normalized spacial score (nSPS) is 14.4. The van der Waals surface area contributed by atoms with E-state index in [4.69, 9.17) is 18.9 Å². The second-order valence-corrected chi connectivity index (χ2v) is 10.9. The van der Waals surface area contributed by atoms with E-state index in [1.165, 1.54) is 48.5 Å². The molecule has 0 rings (SSSR count). The fourth-order valence-corrected chi connectivity index (χ4v) is 2.26. The van der Waals surface area contributed by atoms with E-state index in [1.807, 2.05) is 0 Å². The number of alkyl carbamates (subject to hydrolysis) is 1. The highest BCUT2D eigenvalue weighted by Gasteiger charge is 2.48. The number of hydrogen-bond acceptors (Lipinski definition) is 11. The van der Waals surface area contributed by atoms with E-state index in [0.717, 1.165) is 7.11 Å². The van der Waals surface area contributed by atoms with Gasteiger partial charge in [-0.15, -0.1) is 0 Å². The van der Waals surface area contributed by atoms with Crippen molar-refractivity contribution in [2.45, 2.75) is 93.1 Å². The molecule has 1 N–H and O–H groups in total. The summed E-state index contributed by atoms with van der Waals surface area (Å²) in [4.78, 5) is 76.5. The summed E-state index contributed by atoms with van der Waals surface area (Å²) in [6.45, 7) is 14.9. The van der Waals surface area contributed by atoms with Gasteiger partial charge in [0.05, 0.1) is 24.5 Å². The zero-order valence-electron chi connectivity index (χ0n) is 22.9. The lowest BCUT2D eigenvalue weighted by atomic mass is 9.95. The van der Waals surface area contributed by atoms with Crippen molar-refractivity contribution in [1.29, 1.82) is 0 Å². The maximum Gasteiger partial charge on any atom is 0.408 e. The number of nitrogens with one attached hydrogen (secondary N) is 1. The molecular formula is C24H39NO11. The van der Waals surface area contributed by atoms with Crippen molar-refractivity contribution in [3.05, 3.63) is 0 Å². The van der Waals surface area contributed by atoms with Gasteiger partial charge < -0.3 is 29.0 Å². The monoisotopic (exact) mass is 517 g/mol. The number of Topliss-reactive ketones (excluding diaryl/α,β-unsaturated/α-hetero) is 1. The number of methoxy groups -OCH3 is 1. The van der Waals surface area contributed by atoms with Crippen LogP contribution in [0.25, 0.3) is 0 Å². The first-order valence-electron chi connectivity index (χ1n) is 11.4. The molecule has 36 heavy (non-hydrogen) atoms. The van der Waals surface area contributed by atoms with Crippen molar-refractivity contribution >= 4 is 35.8 Å². The van der Waals surface area contributed by atoms with E-state index in [9.17, 15) is 28.8 Å². The molecule has 1 unspecified atom stereocenters. The Kier molecular flexibility index (Phi) is 11.6. The number of ether oxygens (including phenoxy) is 5. The van der Waals surface area contributed by atoms with Crippen LogP contribution in [0.2, 0.25) is 0 Å². The van der Waals surface area contributed by atoms with Crippen molar-refractivity contribution in [2.75, 3.05) is 13.7 Å². The standard InChI is InChI=1S/C24H39NO11/c1-12-33-17(27)13(25-21(31)36-24(8,9)10)14(26)15(34-19(29)22(2,3)4)16(18(28)32-11)35-20(30)23(5,6)7/h13,15-16H,12H2,1-11H3,(H,25,31)/t13?,15-,16+/m0/s1.